The summed E-state index contributed by atoms with van der Waals surface area (Å²) < 4.78 is 16.3. The van der Waals surface area contributed by atoms with Gasteiger partial charge in [-0.05, 0) is 49.9 Å². The molecule has 2 aliphatic heterocycles. The van der Waals surface area contributed by atoms with Gasteiger partial charge in [0.1, 0.15) is 25.5 Å². The molecule has 2 unspecified atom stereocenters. The molecule has 1 aromatic heterocycles. The summed E-state index contributed by atoms with van der Waals surface area (Å²) in [6.07, 6.45) is 6.09. The lowest BCUT2D eigenvalue weighted by Gasteiger charge is -2.46. The highest BCUT2D eigenvalue weighted by atomic mass is 16.6. The summed E-state index contributed by atoms with van der Waals surface area (Å²) in [5.74, 6) is 0.921. The van der Waals surface area contributed by atoms with E-state index >= 15 is 0 Å². The molecular formula is C28H34N4O7. The second kappa shape index (κ2) is 12.2. The van der Waals surface area contributed by atoms with Crippen molar-refractivity contribution in [3.63, 3.8) is 0 Å². The van der Waals surface area contributed by atoms with E-state index in [9.17, 15) is 19.2 Å². The number of furan rings is 1. The van der Waals surface area contributed by atoms with Gasteiger partial charge in [-0.2, -0.15) is 0 Å². The van der Waals surface area contributed by atoms with Gasteiger partial charge in [0.05, 0.1) is 18.7 Å². The van der Waals surface area contributed by atoms with Gasteiger partial charge in [-0.3, -0.25) is 19.3 Å². The van der Waals surface area contributed by atoms with Crippen molar-refractivity contribution in [3.8, 4) is 11.5 Å². The van der Waals surface area contributed by atoms with Crippen molar-refractivity contribution < 1.29 is 33.1 Å². The number of rotatable bonds is 10. The highest BCUT2D eigenvalue weighted by Crippen LogP contribution is 2.35. The molecule has 0 bridgehead atoms. The first-order valence-electron chi connectivity index (χ1n) is 13.6. The predicted molar refractivity (Wildman–Crippen MR) is 140 cm³/mol. The monoisotopic (exact) mass is 538 g/mol. The molecule has 11 heteroatoms. The van der Waals surface area contributed by atoms with E-state index in [2.05, 4.69) is 10.6 Å². The molecule has 1 aliphatic carbocycles. The van der Waals surface area contributed by atoms with Gasteiger partial charge in [0.2, 0.25) is 17.7 Å². The van der Waals surface area contributed by atoms with Gasteiger partial charge in [0, 0.05) is 30.8 Å². The molecule has 39 heavy (non-hydrogen) atoms. The lowest BCUT2D eigenvalue weighted by molar-refractivity contribution is -0.141. The summed E-state index contributed by atoms with van der Waals surface area (Å²) in [6, 6.07) is 7.99. The van der Waals surface area contributed by atoms with Crippen LogP contribution in [0.3, 0.4) is 0 Å². The number of urea groups is 1. The summed E-state index contributed by atoms with van der Waals surface area (Å²) in [6.45, 7) is 1.31. The van der Waals surface area contributed by atoms with Gasteiger partial charge in [-0.1, -0.05) is 12.8 Å². The molecule has 208 valence electrons. The molecule has 1 aromatic carbocycles. The zero-order chi connectivity index (χ0) is 27.2. The van der Waals surface area contributed by atoms with Crippen LogP contribution in [0, 0.1) is 5.92 Å². The molecular weight excluding hydrogens is 504 g/mol. The van der Waals surface area contributed by atoms with Crippen LogP contribution in [-0.2, 0) is 20.9 Å². The molecule has 3 heterocycles. The zero-order valence-electron chi connectivity index (χ0n) is 21.9. The van der Waals surface area contributed by atoms with Crippen molar-refractivity contribution in [3.05, 3.63) is 42.4 Å². The molecule has 1 saturated carbocycles. The van der Waals surface area contributed by atoms with E-state index in [0.717, 1.165) is 12.8 Å². The van der Waals surface area contributed by atoms with E-state index in [1.54, 1.807) is 41.5 Å². The highest BCUT2D eigenvalue weighted by molar-refractivity contribution is 6.01. The fourth-order valence-electron chi connectivity index (χ4n) is 5.47. The van der Waals surface area contributed by atoms with Crippen molar-refractivity contribution in [2.24, 2.45) is 5.92 Å². The number of hydrogen-bond acceptors (Lipinski definition) is 7. The minimum atomic E-state index is -0.442. The predicted octanol–water partition coefficient (Wildman–Crippen LogP) is 3.30. The summed E-state index contributed by atoms with van der Waals surface area (Å²) in [5, 5.41) is 5.64. The summed E-state index contributed by atoms with van der Waals surface area (Å²) in [5.41, 5.74) is 0.548. The summed E-state index contributed by atoms with van der Waals surface area (Å²) in [4.78, 5) is 54.7. The summed E-state index contributed by atoms with van der Waals surface area (Å²) in [7, 11) is 0. The van der Waals surface area contributed by atoms with E-state index in [-0.39, 0.29) is 49.2 Å². The number of amides is 5. The highest BCUT2D eigenvalue weighted by Gasteiger charge is 2.47. The van der Waals surface area contributed by atoms with Gasteiger partial charge >= 0.3 is 6.03 Å². The fraction of sp³-hybridized carbons (Fsp3) is 0.500. The van der Waals surface area contributed by atoms with Crippen LogP contribution < -0.4 is 20.1 Å². The van der Waals surface area contributed by atoms with E-state index in [4.69, 9.17) is 13.9 Å². The lowest BCUT2D eigenvalue weighted by Crippen LogP contribution is -2.63. The minimum Gasteiger partial charge on any atom is -0.486 e. The Morgan fingerprint density at radius 2 is 1.79 bits per heavy atom. The van der Waals surface area contributed by atoms with Crippen LogP contribution in [0.2, 0.25) is 0 Å². The number of benzene rings is 1. The molecule has 0 spiro atoms. The average molecular weight is 539 g/mol. The van der Waals surface area contributed by atoms with Crippen LogP contribution in [0.5, 0.6) is 11.5 Å². The van der Waals surface area contributed by atoms with Crippen LogP contribution in [0.15, 0.2) is 41.0 Å². The Morgan fingerprint density at radius 1 is 0.974 bits per heavy atom. The number of hydrogen-bond donors (Lipinski definition) is 2. The van der Waals surface area contributed by atoms with Gasteiger partial charge < -0.3 is 29.4 Å². The van der Waals surface area contributed by atoms with Crippen LogP contribution in [0.4, 0.5) is 10.5 Å². The number of anilines is 1. The topological polar surface area (TPSA) is 130 Å². The molecule has 3 aliphatic rings. The standard InChI is InChI=1S/C28H34N4O7/c33-25(29-17-20-6-5-13-37-20)9-3-4-12-31-27(35)21-7-1-2-8-22(21)32(28(31)36)18-26(34)30-19-10-11-23-24(16-19)39-15-14-38-23/h5-6,10-11,13,16,21-22H,1-4,7-9,12,14-15,17-18H2,(H,29,33)(H,30,34). The number of imide groups is 1. The van der Waals surface area contributed by atoms with Crippen LogP contribution in [0.25, 0.3) is 0 Å². The molecule has 11 nitrogen and oxygen atoms in total. The maximum absolute atomic E-state index is 13.5. The van der Waals surface area contributed by atoms with Gasteiger partial charge in [0.25, 0.3) is 0 Å². The first kappa shape index (κ1) is 26.6. The average Bonchev–Trinajstić information content (AvgIpc) is 3.47. The largest absolute Gasteiger partial charge is 0.486 e. The number of carbonyl (C=O) groups excluding carboxylic acids is 4. The maximum Gasteiger partial charge on any atom is 0.327 e. The maximum atomic E-state index is 13.5. The van der Waals surface area contributed by atoms with E-state index in [1.165, 1.54) is 4.90 Å². The molecule has 2 fully saturated rings. The zero-order valence-corrected chi connectivity index (χ0v) is 21.9. The summed E-state index contributed by atoms with van der Waals surface area (Å²) >= 11 is 0. The third-order valence-corrected chi connectivity index (χ3v) is 7.40. The Kier molecular flexibility index (Phi) is 8.33. The normalized spacial score (nSPS) is 20.4. The van der Waals surface area contributed by atoms with Crippen molar-refractivity contribution in [1.29, 1.82) is 0 Å². The smallest absolute Gasteiger partial charge is 0.327 e. The first-order valence-corrected chi connectivity index (χ1v) is 13.6. The SMILES string of the molecule is O=C(CCCCN1C(=O)C2CCCCC2N(CC(=O)Nc2ccc3c(c2)OCCO3)C1=O)NCc1ccco1. The van der Waals surface area contributed by atoms with Crippen molar-refractivity contribution in [1.82, 2.24) is 15.1 Å². The van der Waals surface area contributed by atoms with Crippen LogP contribution in [-0.4, -0.2) is 65.9 Å². The Morgan fingerprint density at radius 3 is 2.62 bits per heavy atom. The number of unbranched alkanes of at least 4 members (excludes halogenated alkanes) is 1. The second-order valence-electron chi connectivity index (χ2n) is 10.1. The number of nitrogens with zero attached hydrogens (tertiary/aromatic N) is 2. The van der Waals surface area contributed by atoms with E-state index in [1.807, 2.05) is 0 Å². The van der Waals surface area contributed by atoms with Crippen molar-refractivity contribution in [2.45, 2.75) is 57.5 Å². The first-order chi connectivity index (χ1) is 19.0. The third-order valence-electron chi connectivity index (χ3n) is 7.40. The van der Waals surface area contributed by atoms with Gasteiger partial charge in [-0.15, -0.1) is 0 Å². The fourth-order valence-corrected chi connectivity index (χ4v) is 5.47. The Balaban J connectivity index is 1.16. The minimum absolute atomic E-state index is 0.118. The number of fused-ring (bicyclic) bond motifs is 2. The lowest BCUT2D eigenvalue weighted by atomic mass is 9.81. The quantitative estimate of drug-likeness (QED) is 0.444. The van der Waals surface area contributed by atoms with Crippen molar-refractivity contribution >= 4 is 29.4 Å². The molecule has 2 aromatic rings. The number of carbonyl (C=O) groups is 4. The number of ether oxygens (including phenoxy) is 2. The third kappa shape index (κ3) is 6.35. The van der Waals surface area contributed by atoms with Gasteiger partial charge in [0.15, 0.2) is 11.5 Å². The van der Waals surface area contributed by atoms with Crippen LogP contribution >= 0.6 is 0 Å². The van der Waals surface area contributed by atoms with E-state index in [0.29, 0.717) is 68.4 Å². The molecule has 2 atom stereocenters. The molecule has 2 N–H and O–H groups in total. The van der Waals surface area contributed by atoms with E-state index < -0.39 is 6.03 Å². The Bertz CT molecular complexity index is 1200. The molecule has 0 radical (unpaired) electrons. The van der Waals surface area contributed by atoms with Gasteiger partial charge in [-0.25, -0.2) is 4.79 Å². The Labute approximate surface area is 226 Å². The van der Waals surface area contributed by atoms with Crippen LogP contribution in [0.1, 0.15) is 50.7 Å². The second-order valence-corrected chi connectivity index (χ2v) is 10.1. The molecule has 5 rings (SSSR count). The number of nitrogens with one attached hydrogen (secondary N) is 2. The Hall–Kier alpha value is -4.02. The molecule has 5 amide bonds. The molecule has 1 saturated heterocycles. The van der Waals surface area contributed by atoms with Crippen molar-refractivity contribution in [2.75, 3.05) is 31.6 Å².